The summed E-state index contributed by atoms with van der Waals surface area (Å²) in [5.74, 6) is -0.284. The fourth-order valence-corrected chi connectivity index (χ4v) is 1.67. The molecule has 0 bridgehead atoms. The molecule has 2 nitrogen and oxygen atoms in total. The second-order valence-electron chi connectivity index (χ2n) is 3.34. The van der Waals surface area contributed by atoms with E-state index >= 15 is 0 Å². The Labute approximate surface area is 108 Å². The molecule has 0 aliphatic carbocycles. The van der Waals surface area contributed by atoms with Gasteiger partial charge in [0.2, 0.25) is 0 Å². The molecule has 0 aromatic heterocycles. The number of halogens is 3. The summed E-state index contributed by atoms with van der Waals surface area (Å²) in [5.41, 5.74) is 6.05. The number of benzene rings is 2. The number of ether oxygens (including phenoxy) is 1. The number of anilines is 1. The van der Waals surface area contributed by atoms with Crippen molar-refractivity contribution in [2.75, 3.05) is 5.73 Å². The summed E-state index contributed by atoms with van der Waals surface area (Å²) < 4.78 is 18.9. The van der Waals surface area contributed by atoms with E-state index in [-0.39, 0.29) is 10.8 Å². The predicted octanol–water partition coefficient (Wildman–Crippen LogP) is 4.51. The minimum absolute atomic E-state index is 0.00549. The smallest absolute Gasteiger partial charge is 0.184 e. The Kier molecular flexibility index (Phi) is 3.41. The van der Waals surface area contributed by atoms with Gasteiger partial charge in [0.25, 0.3) is 0 Å². The summed E-state index contributed by atoms with van der Waals surface area (Å²) in [6.45, 7) is 0. The van der Waals surface area contributed by atoms with Gasteiger partial charge in [-0.25, -0.2) is 4.39 Å². The molecule has 0 amide bonds. The molecule has 2 aromatic carbocycles. The van der Waals surface area contributed by atoms with Crippen molar-refractivity contribution in [3.8, 4) is 11.5 Å². The molecule has 0 atom stereocenters. The molecular formula is C12H8Cl2FNO. The lowest BCUT2D eigenvalue weighted by Crippen LogP contribution is -1.91. The van der Waals surface area contributed by atoms with Crippen LogP contribution in [0.1, 0.15) is 0 Å². The molecule has 5 heteroatoms. The molecule has 0 radical (unpaired) electrons. The van der Waals surface area contributed by atoms with Gasteiger partial charge in [-0.05, 0) is 30.3 Å². The van der Waals surface area contributed by atoms with Crippen LogP contribution in [0.15, 0.2) is 36.4 Å². The Morgan fingerprint density at radius 1 is 1.00 bits per heavy atom. The Morgan fingerprint density at radius 3 is 2.47 bits per heavy atom. The first-order valence-electron chi connectivity index (χ1n) is 4.75. The van der Waals surface area contributed by atoms with Gasteiger partial charge in [-0.3, -0.25) is 0 Å². The minimum atomic E-state index is -0.623. The molecular weight excluding hydrogens is 264 g/mol. The van der Waals surface area contributed by atoms with Crippen molar-refractivity contribution >= 4 is 28.9 Å². The lowest BCUT2D eigenvalue weighted by atomic mass is 10.3. The second kappa shape index (κ2) is 4.82. The highest BCUT2D eigenvalue weighted by Gasteiger charge is 2.10. The van der Waals surface area contributed by atoms with Gasteiger partial charge >= 0.3 is 0 Å². The van der Waals surface area contributed by atoms with Crippen molar-refractivity contribution in [2.45, 2.75) is 0 Å². The minimum Gasteiger partial charge on any atom is -0.453 e. The van der Waals surface area contributed by atoms with Gasteiger partial charge < -0.3 is 10.5 Å². The molecule has 2 rings (SSSR count). The zero-order valence-electron chi connectivity index (χ0n) is 8.58. The number of nitrogen functional groups attached to an aromatic ring is 1. The zero-order valence-corrected chi connectivity index (χ0v) is 10.1. The summed E-state index contributed by atoms with van der Waals surface area (Å²) >= 11 is 11.5. The van der Waals surface area contributed by atoms with Crippen molar-refractivity contribution < 1.29 is 9.13 Å². The third-order valence-corrected chi connectivity index (χ3v) is 2.68. The van der Waals surface area contributed by atoms with Crippen LogP contribution in [0.25, 0.3) is 0 Å². The van der Waals surface area contributed by atoms with Crippen LogP contribution < -0.4 is 10.5 Å². The van der Waals surface area contributed by atoms with Crippen molar-refractivity contribution in [3.05, 3.63) is 52.3 Å². The summed E-state index contributed by atoms with van der Waals surface area (Å²) in [5, 5.41) is 0.304. The van der Waals surface area contributed by atoms with Crippen LogP contribution in [0.4, 0.5) is 10.1 Å². The number of rotatable bonds is 2. The summed E-state index contributed by atoms with van der Waals surface area (Å²) in [7, 11) is 0. The first kappa shape index (κ1) is 12.0. The lowest BCUT2D eigenvalue weighted by molar-refractivity contribution is 0.443. The topological polar surface area (TPSA) is 35.2 Å². The van der Waals surface area contributed by atoms with Crippen LogP contribution in [-0.4, -0.2) is 0 Å². The van der Waals surface area contributed by atoms with Gasteiger partial charge in [0.05, 0.1) is 10.0 Å². The van der Waals surface area contributed by atoms with Gasteiger partial charge in [0.15, 0.2) is 11.6 Å². The molecule has 0 aliphatic heterocycles. The first-order chi connectivity index (χ1) is 8.08. The standard InChI is InChI=1S/C12H8Cl2FNO/c13-8-2-1-3-11(12(8)15)17-10-5-4-7(16)6-9(10)14/h1-6H,16H2. The predicted molar refractivity (Wildman–Crippen MR) is 67.3 cm³/mol. The Morgan fingerprint density at radius 2 is 1.76 bits per heavy atom. The zero-order chi connectivity index (χ0) is 12.4. The fourth-order valence-electron chi connectivity index (χ4n) is 1.28. The Balaban J connectivity index is 2.35. The highest BCUT2D eigenvalue weighted by atomic mass is 35.5. The SMILES string of the molecule is Nc1ccc(Oc2cccc(Cl)c2F)c(Cl)c1. The third-order valence-electron chi connectivity index (χ3n) is 2.09. The van der Waals surface area contributed by atoms with E-state index < -0.39 is 5.82 Å². The van der Waals surface area contributed by atoms with Crippen LogP contribution in [0.3, 0.4) is 0 Å². The van der Waals surface area contributed by atoms with Gasteiger partial charge in [-0.15, -0.1) is 0 Å². The number of hydrogen-bond donors (Lipinski definition) is 1. The molecule has 0 saturated carbocycles. The van der Waals surface area contributed by atoms with Gasteiger partial charge in [-0.2, -0.15) is 0 Å². The summed E-state index contributed by atoms with van der Waals surface area (Å²) in [4.78, 5) is 0. The highest BCUT2D eigenvalue weighted by Crippen LogP contribution is 2.33. The lowest BCUT2D eigenvalue weighted by Gasteiger charge is -2.09. The monoisotopic (exact) mass is 271 g/mol. The van der Waals surface area contributed by atoms with E-state index in [9.17, 15) is 4.39 Å². The van der Waals surface area contributed by atoms with E-state index in [0.717, 1.165) is 0 Å². The largest absolute Gasteiger partial charge is 0.453 e. The maximum Gasteiger partial charge on any atom is 0.184 e. The number of nitrogens with two attached hydrogens (primary N) is 1. The third kappa shape index (κ3) is 2.62. The average Bonchev–Trinajstić information content (AvgIpc) is 2.28. The molecule has 88 valence electrons. The van der Waals surface area contributed by atoms with Crippen molar-refractivity contribution in [1.29, 1.82) is 0 Å². The Hall–Kier alpha value is -1.45. The average molecular weight is 272 g/mol. The van der Waals surface area contributed by atoms with Crippen LogP contribution in [0.5, 0.6) is 11.5 Å². The highest BCUT2D eigenvalue weighted by molar-refractivity contribution is 6.32. The van der Waals surface area contributed by atoms with Crippen molar-refractivity contribution in [1.82, 2.24) is 0 Å². The second-order valence-corrected chi connectivity index (χ2v) is 4.16. The van der Waals surface area contributed by atoms with Gasteiger partial charge in [0.1, 0.15) is 5.75 Å². The normalized spacial score (nSPS) is 10.3. The van der Waals surface area contributed by atoms with Crippen molar-refractivity contribution in [2.24, 2.45) is 0 Å². The molecule has 0 unspecified atom stereocenters. The van der Waals surface area contributed by atoms with E-state index in [4.69, 9.17) is 33.7 Å². The van der Waals surface area contributed by atoms with E-state index in [1.807, 2.05) is 0 Å². The molecule has 2 N–H and O–H groups in total. The fraction of sp³-hybridized carbons (Fsp3) is 0. The molecule has 0 aliphatic rings. The van der Waals surface area contributed by atoms with Gasteiger partial charge in [-0.1, -0.05) is 29.3 Å². The summed E-state index contributed by atoms with van der Waals surface area (Å²) in [6.07, 6.45) is 0. The first-order valence-corrected chi connectivity index (χ1v) is 5.50. The molecule has 0 fully saturated rings. The molecule has 0 spiro atoms. The van der Waals surface area contributed by atoms with E-state index in [1.165, 1.54) is 18.2 Å². The molecule has 17 heavy (non-hydrogen) atoms. The quantitative estimate of drug-likeness (QED) is 0.816. The van der Waals surface area contributed by atoms with E-state index in [1.54, 1.807) is 18.2 Å². The molecule has 0 saturated heterocycles. The van der Waals surface area contributed by atoms with Crippen LogP contribution in [0.2, 0.25) is 10.0 Å². The maximum atomic E-state index is 13.6. The number of hydrogen-bond acceptors (Lipinski definition) is 2. The van der Waals surface area contributed by atoms with E-state index in [0.29, 0.717) is 16.5 Å². The van der Waals surface area contributed by atoms with E-state index in [2.05, 4.69) is 0 Å². The summed E-state index contributed by atoms with van der Waals surface area (Å²) in [6, 6.07) is 9.20. The van der Waals surface area contributed by atoms with Crippen LogP contribution in [-0.2, 0) is 0 Å². The Bertz CT molecular complexity index is 560. The molecule has 0 heterocycles. The maximum absolute atomic E-state index is 13.6. The van der Waals surface area contributed by atoms with Crippen LogP contribution in [0, 0.1) is 5.82 Å². The van der Waals surface area contributed by atoms with Gasteiger partial charge in [0, 0.05) is 5.69 Å². The molecule has 2 aromatic rings. The van der Waals surface area contributed by atoms with Crippen molar-refractivity contribution in [3.63, 3.8) is 0 Å². The van der Waals surface area contributed by atoms with Crippen LogP contribution >= 0.6 is 23.2 Å².